The van der Waals surface area contributed by atoms with Crippen LogP contribution in [-0.2, 0) is 47.9 Å². The normalized spacial score (nSPS) is 17.8. The van der Waals surface area contributed by atoms with E-state index < -0.39 is 0 Å². The van der Waals surface area contributed by atoms with Gasteiger partial charge in [-0.3, -0.25) is 47.9 Å². The molecule has 0 radical (unpaired) electrons. The molecule has 6 fully saturated rings. The first kappa shape index (κ1) is 122. The highest BCUT2D eigenvalue weighted by molar-refractivity contribution is 5.84. The van der Waals surface area contributed by atoms with Crippen molar-refractivity contribution in [2.45, 2.75) is 416 Å². The lowest BCUT2D eigenvalue weighted by atomic mass is 9.78. The molecule has 10 atom stereocenters. The summed E-state index contributed by atoms with van der Waals surface area (Å²) in [5.74, 6) is 12.8. The topological polar surface area (TPSA) is 190 Å². The molecule has 120 heavy (non-hydrogen) atoms. The van der Waals surface area contributed by atoms with Gasteiger partial charge in [0.05, 0.1) is 0 Å². The molecule has 16 heteroatoms. The van der Waals surface area contributed by atoms with Crippen LogP contribution in [0.3, 0.4) is 0 Å². The van der Waals surface area contributed by atoms with Gasteiger partial charge in [-0.1, -0.05) is 274 Å². The second-order valence-electron chi connectivity index (χ2n) is 42.6. The van der Waals surface area contributed by atoms with E-state index in [0.29, 0.717) is 142 Å². The largest absolute Gasteiger partial charge is 0.343 e. The predicted octanol–water partition coefficient (Wildman–Crippen LogP) is 24.5. The third-order valence-electron chi connectivity index (χ3n) is 28.0. The summed E-state index contributed by atoms with van der Waals surface area (Å²) in [4.78, 5) is 128. The number of nitrogens with zero attached hydrogens (tertiary/aromatic N) is 6. The molecule has 0 aromatic rings. The van der Waals surface area contributed by atoms with E-state index >= 15 is 0 Å². The molecular weight excluding hydrogens is 1490 g/mol. The minimum atomic E-state index is 0.136. The molecule has 6 amide bonds. The fourth-order valence-electron chi connectivity index (χ4n) is 12.9. The number of Topliss-reactive ketones (excluding diaryl/α,β-unsaturated/α-hetero) is 4. The van der Waals surface area contributed by atoms with Crippen molar-refractivity contribution in [3.05, 3.63) is 0 Å². The van der Waals surface area contributed by atoms with Crippen molar-refractivity contribution >= 4 is 58.6 Å². The van der Waals surface area contributed by atoms with Crippen LogP contribution in [0.15, 0.2) is 0 Å². The standard InChI is InChI=1S/2C11H21NO.2C11H20O.2C10H19NO.2C10H21NO.2C10H20O/c2*1-8(2)9(3)11(13)12(4)10-6-5-7-10;2*1-8(2)9(3)11(12)7-10-5-4-6-10;2*1-8(2)9(3)10(12)11-6-4-5-7-11;2*1-7(2)9(5)10(12)11(6)8(3)4;2*1-7(2)6-10(11)9(5)8(3)4/h2*8-10H,5-7H2,1-4H3;2*8-10H,4-7H2,1-3H3;2*8-9H,4-7H2,1-3H3;2*7-9H,1-6H3;2*7-9H,6H2,1-5H3/t10*9-/m1010101010/s1. The zero-order valence-electron chi connectivity index (χ0n) is 86.9. The average Bonchev–Trinajstić information content (AvgIpc) is 0.926. The molecule has 0 aromatic heterocycles. The fraction of sp³-hybridized carbons (Fsp3) is 0.904. The summed E-state index contributed by atoms with van der Waals surface area (Å²) in [6.07, 6.45) is 23.1. The molecular formula is C104H202N6O10. The number of carbonyl (C=O) groups excluding carboxylic acids is 10. The van der Waals surface area contributed by atoms with Gasteiger partial charge in [-0.15, -0.1) is 0 Å². The molecule has 6 aliphatic rings. The molecule has 4 saturated carbocycles. The molecule has 2 heterocycles. The van der Waals surface area contributed by atoms with E-state index in [9.17, 15) is 47.9 Å². The number of likely N-dealkylation sites (tertiary alicyclic amines) is 2. The highest BCUT2D eigenvalue weighted by Crippen LogP contribution is 2.34. The fourth-order valence-corrected chi connectivity index (χ4v) is 12.9. The molecule has 6 rings (SSSR count). The summed E-state index contributed by atoms with van der Waals surface area (Å²) < 4.78 is 0. The van der Waals surface area contributed by atoms with Crippen LogP contribution < -0.4 is 0 Å². The molecule has 2 saturated heterocycles. The van der Waals surface area contributed by atoms with Crippen molar-refractivity contribution < 1.29 is 47.9 Å². The van der Waals surface area contributed by atoms with E-state index in [1.807, 2.05) is 141 Å². The average molecular weight is 1700 g/mol. The first-order valence-electron chi connectivity index (χ1n) is 48.9. The number of ketones is 4. The minimum absolute atomic E-state index is 0.136. The number of hydrogen-bond acceptors (Lipinski definition) is 10. The molecule has 0 N–H and O–H groups in total. The zero-order valence-corrected chi connectivity index (χ0v) is 86.9. The third kappa shape index (κ3) is 50.0. The first-order valence-corrected chi connectivity index (χ1v) is 48.9. The van der Waals surface area contributed by atoms with E-state index in [0.717, 1.165) is 63.7 Å². The van der Waals surface area contributed by atoms with Crippen LogP contribution in [0.4, 0.5) is 0 Å². The maximum atomic E-state index is 11.8. The van der Waals surface area contributed by atoms with Crippen LogP contribution in [-0.4, -0.2) is 167 Å². The van der Waals surface area contributed by atoms with Gasteiger partial charge in [0.25, 0.3) is 0 Å². The molecule has 2 aliphatic heterocycles. The minimum Gasteiger partial charge on any atom is -0.343 e. The molecule has 0 unspecified atom stereocenters. The van der Waals surface area contributed by atoms with E-state index in [1.54, 1.807) is 0 Å². The summed E-state index contributed by atoms with van der Waals surface area (Å²) >= 11 is 0. The Hall–Kier alpha value is -4.50. The second-order valence-corrected chi connectivity index (χ2v) is 42.6. The van der Waals surface area contributed by atoms with Crippen molar-refractivity contribution in [1.82, 2.24) is 29.4 Å². The number of carbonyl (C=O) groups is 10. The van der Waals surface area contributed by atoms with E-state index in [-0.39, 0.29) is 71.0 Å². The Morgan fingerprint density at radius 2 is 0.433 bits per heavy atom. The van der Waals surface area contributed by atoms with Gasteiger partial charge in [-0.2, -0.15) is 0 Å². The summed E-state index contributed by atoms with van der Waals surface area (Å²) in [6.45, 7) is 82.8. The lowest BCUT2D eigenvalue weighted by Crippen LogP contribution is -2.44. The van der Waals surface area contributed by atoms with E-state index in [2.05, 4.69) is 180 Å². The van der Waals surface area contributed by atoms with Gasteiger partial charge in [0.2, 0.25) is 35.4 Å². The van der Waals surface area contributed by atoms with Crippen molar-refractivity contribution in [3.8, 4) is 0 Å². The number of rotatable bonds is 32. The Morgan fingerprint density at radius 3 is 0.592 bits per heavy atom. The van der Waals surface area contributed by atoms with Crippen molar-refractivity contribution in [1.29, 1.82) is 0 Å². The first-order chi connectivity index (χ1) is 55.2. The SMILES string of the molecule is CC(C)CC(=O)[C@@H](C)C(C)C.CC(C)CC(=O)[C@H](C)C(C)C.CC(C)[C@@H](C)C(=O)CC1CCC1.CC(C)[C@@H](C)C(=O)N(C)C(C)C.CC(C)[C@@H](C)C(=O)N(C)C1CCC1.CC(C)[C@@H](C)C(=O)N1CCCC1.CC(C)[C@H](C)C(=O)CC1CCC1.CC(C)[C@H](C)C(=O)N(C)C(C)C.CC(C)[C@H](C)C(=O)N(C)C1CCC1.CC(C)[C@H](C)C(=O)N1CCCC1. The summed E-state index contributed by atoms with van der Waals surface area (Å²) in [6, 6.07) is 1.68. The second kappa shape index (κ2) is 64.3. The summed E-state index contributed by atoms with van der Waals surface area (Å²) in [7, 11) is 7.63. The molecule has 0 spiro atoms. The maximum Gasteiger partial charge on any atom is 0.225 e. The van der Waals surface area contributed by atoms with Gasteiger partial charge in [-0.25, -0.2) is 0 Å². The van der Waals surface area contributed by atoms with Crippen LogP contribution in [0, 0.1) is 142 Å². The quantitative estimate of drug-likeness (QED) is 0.0626. The highest BCUT2D eigenvalue weighted by Gasteiger charge is 2.34. The molecule has 0 bridgehead atoms. The van der Waals surface area contributed by atoms with E-state index in [4.69, 9.17) is 0 Å². The Bertz CT molecular complexity index is 2510. The van der Waals surface area contributed by atoms with Crippen LogP contribution in [0.1, 0.15) is 392 Å². The van der Waals surface area contributed by atoms with Crippen molar-refractivity contribution in [3.63, 3.8) is 0 Å². The van der Waals surface area contributed by atoms with Gasteiger partial charge >= 0.3 is 0 Å². The zero-order chi connectivity index (χ0) is 94.4. The van der Waals surface area contributed by atoms with Crippen LogP contribution in [0.5, 0.6) is 0 Å². The monoisotopic (exact) mass is 1700 g/mol. The maximum absolute atomic E-state index is 11.8. The van der Waals surface area contributed by atoms with Crippen molar-refractivity contribution in [2.24, 2.45) is 142 Å². The summed E-state index contributed by atoms with van der Waals surface area (Å²) in [5, 5.41) is 0. The van der Waals surface area contributed by atoms with Crippen LogP contribution in [0.25, 0.3) is 0 Å². The number of hydrogen-bond donors (Lipinski definition) is 0. The predicted molar refractivity (Wildman–Crippen MR) is 511 cm³/mol. The highest BCUT2D eigenvalue weighted by atomic mass is 16.2. The Labute approximate surface area is 744 Å². The Balaban J connectivity index is -0.000000623. The number of amides is 6. The molecule has 708 valence electrons. The summed E-state index contributed by atoms with van der Waals surface area (Å²) in [5.41, 5.74) is 0. The lowest BCUT2D eigenvalue weighted by Gasteiger charge is -2.36. The van der Waals surface area contributed by atoms with Gasteiger partial charge < -0.3 is 29.4 Å². The van der Waals surface area contributed by atoms with Crippen LogP contribution in [0.2, 0.25) is 0 Å². The van der Waals surface area contributed by atoms with Gasteiger partial charge in [0.1, 0.15) is 23.1 Å². The molecule has 0 aromatic carbocycles. The molecule has 16 nitrogen and oxygen atoms in total. The van der Waals surface area contributed by atoms with Crippen LogP contribution >= 0.6 is 0 Å². The van der Waals surface area contributed by atoms with Gasteiger partial charge in [-0.05, 0) is 175 Å². The molecule has 4 aliphatic carbocycles. The third-order valence-corrected chi connectivity index (χ3v) is 28.0. The lowest BCUT2D eigenvalue weighted by molar-refractivity contribution is -0.139. The van der Waals surface area contributed by atoms with Gasteiger partial charge in [0.15, 0.2) is 0 Å². The van der Waals surface area contributed by atoms with E-state index in [1.165, 1.54) is 103 Å². The van der Waals surface area contributed by atoms with Crippen molar-refractivity contribution in [2.75, 3.05) is 54.4 Å². The Morgan fingerprint density at radius 1 is 0.242 bits per heavy atom. The Kier molecular flexibility index (Phi) is 65.2. The van der Waals surface area contributed by atoms with Gasteiger partial charge in [0, 0.05) is 163 Å². The smallest absolute Gasteiger partial charge is 0.225 e.